The molecule has 1 N–H and O–H groups in total. The van der Waals surface area contributed by atoms with E-state index in [-0.39, 0.29) is 23.2 Å². The molecule has 0 bridgehead atoms. The van der Waals surface area contributed by atoms with Crippen molar-refractivity contribution in [2.75, 3.05) is 6.54 Å². The van der Waals surface area contributed by atoms with Gasteiger partial charge in [-0.05, 0) is 30.5 Å². The van der Waals surface area contributed by atoms with Crippen LogP contribution in [0.3, 0.4) is 0 Å². The average Bonchev–Trinajstić information content (AvgIpc) is 3.32. The summed E-state index contributed by atoms with van der Waals surface area (Å²) in [5.41, 5.74) is 0.940. The third-order valence-electron chi connectivity index (χ3n) is 4.69. The highest BCUT2D eigenvalue weighted by atomic mass is 35.5. The van der Waals surface area contributed by atoms with Crippen molar-refractivity contribution < 1.29 is 9.21 Å². The standard InChI is InChI=1S/C20H18ClN3O3/c21-15-6-2-1-5-13(15)11-14-12-22-19(27-14)17-8-4-10-24(17)20(26)16-7-3-9-18(25)23-16/h1-3,5-7,9,12,17H,4,8,10-11H2,(H,23,25)/t17-/m0/s1. The van der Waals surface area contributed by atoms with Crippen LogP contribution in [-0.4, -0.2) is 27.3 Å². The molecule has 7 heteroatoms. The Morgan fingerprint density at radius 3 is 2.93 bits per heavy atom. The molecule has 3 heterocycles. The topological polar surface area (TPSA) is 79.2 Å². The maximum absolute atomic E-state index is 12.8. The molecule has 1 aliphatic heterocycles. The van der Waals surface area contributed by atoms with E-state index in [9.17, 15) is 9.59 Å². The molecule has 1 amide bonds. The fourth-order valence-corrected chi connectivity index (χ4v) is 3.58. The van der Waals surface area contributed by atoms with Gasteiger partial charge in [-0.2, -0.15) is 0 Å². The zero-order chi connectivity index (χ0) is 18.8. The summed E-state index contributed by atoms with van der Waals surface area (Å²) < 4.78 is 5.93. The van der Waals surface area contributed by atoms with E-state index in [1.165, 1.54) is 6.07 Å². The van der Waals surface area contributed by atoms with Crippen LogP contribution >= 0.6 is 11.6 Å². The zero-order valence-corrected chi connectivity index (χ0v) is 15.3. The van der Waals surface area contributed by atoms with E-state index in [2.05, 4.69) is 9.97 Å². The lowest BCUT2D eigenvalue weighted by Crippen LogP contribution is -2.32. The van der Waals surface area contributed by atoms with Crippen LogP contribution < -0.4 is 5.56 Å². The van der Waals surface area contributed by atoms with Gasteiger partial charge in [0.1, 0.15) is 17.5 Å². The van der Waals surface area contributed by atoms with E-state index in [1.54, 1.807) is 23.2 Å². The second-order valence-electron chi connectivity index (χ2n) is 6.52. The Morgan fingerprint density at radius 1 is 1.26 bits per heavy atom. The monoisotopic (exact) mass is 383 g/mol. The fourth-order valence-electron chi connectivity index (χ4n) is 3.38. The van der Waals surface area contributed by atoms with Gasteiger partial charge in [-0.25, -0.2) is 4.98 Å². The Labute approximate surface area is 160 Å². The predicted molar refractivity (Wildman–Crippen MR) is 101 cm³/mol. The number of nitrogens with one attached hydrogen (secondary N) is 1. The van der Waals surface area contributed by atoms with Crippen LogP contribution in [0.4, 0.5) is 0 Å². The van der Waals surface area contributed by atoms with Crippen LogP contribution in [0.5, 0.6) is 0 Å². The van der Waals surface area contributed by atoms with Gasteiger partial charge in [0.05, 0.1) is 6.20 Å². The zero-order valence-electron chi connectivity index (χ0n) is 14.5. The summed E-state index contributed by atoms with van der Waals surface area (Å²) in [5.74, 6) is 0.993. The van der Waals surface area contributed by atoms with Crippen molar-refractivity contribution >= 4 is 17.5 Å². The van der Waals surface area contributed by atoms with Gasteiger partial charge in [0, 0.05) is 24.1 Å². The quantitative estimate of drug-likeness (QED) is 0.746. The van der Waals surface area contributed by atoms with Crippen molar-refractivity contribution in [1.82, 2.24) is 14.9 Å². The molecule has 6 nitrogen and oxygen atoms in total. The van der Waals surface area contributed by atoms with Crippen LogP contribution in [-0.2, 0) is 6.42 Å². The first kappa shape index (κ1) is 17.5. The molecule has 138 valence electrons. The summed E-state index contributed by atoms with van der Waals surface area (Å²) in [5, 5.41) is 0.682. The lowest BCUT2D eigenvalue weighted by Gasteiger charge is -2.22. The normalized spacial score (nSPS) is 16.6. The minimum atomic E-state index is -0.297. The molecule has 27 heavy (non-hydrogen) atoms. The number of pyridine rings is 1. The summed E-state index contributed by atoms with van der Waals surface area (Å²) in [4.78, 5) is 33.0. The molecule has 4 rings (SSSR count). The van der Waals surface area contributed by atoms with Gasteiger partial charge < -0.3 is 14.3 Å². The highest BCUT2D eigenvalue weighted by Gasteiger charge is 2.34. The van der Waals surface area contributed by atoms with Gasteiger partial charge in [0.2, 0.25) is 11.4 Å². The van der Waals surface area contributed by atoms with Gasteiger partial charge in [-0.15, -0.1) is 0 Å². The van der Waals surface area contributed by atoms with Gasteiger partial charge in [-0.3, -0.25) is 9.59 Å². The number of amides is 1. The lowest BCUT2D eigenvalue weighted by atomic mass is 10.1. The van der Waals surface area contributed by atoms with Crippen molar-refractivity contribution in [2.24, 2.45) is 0 Å². The molecule has 0 saturated carbocycles. The Kier molecular flexibility index (Phi) is 4.81. The number of carbonyl (C=O) groups excluding carboxylic acids is 1. The Balaban J connectivity index is 1.54. The van der Waals surface area contributed by atoms with E-state index >= 15 is 0 Å². The van der Waals surface area contributed by atoms with Crippen molar-refractivity contribution in [1.29, 1.82) is 0 Å². The fraction of sp³-hybridized carbons (Fsp3) is 0.250. The highest BCUT2D eigenvalue weighted by molar-refractivity contribution is 6.31. The van der Waals surface area contributed by atoms with Crippen molar-refractivity contribution in [3.63, 3.8) is 0 Å². The lowest BCUT2D eigenvalue weighted by molar-refractivity contribution is 0.0708. The molecule has 1 aliphatic rings. The number of likely N-dealkylation sites (tertiary alicyclic amines) is 1. The first-order valence-corrected chi connectivity index (χ1v) is 9.18. The number of benzene rings is 1. The summed E-state index contributed by atoms with van der Waals surface area (Å²) >= 11 is 6.21. The van der Waals surface area contributed by atoms with E-state index in [0.29, 0.717) is 29.6 Å². The van der Waals surface area contributed by atoms with Crippen molar-refractivity contribution in [2.45, 2.75) is 25.3 Å². The third-order valence-corrected chi connectivity index (χ3v) is 5.06. The molecular formula is C20H18ClN3O3. The largest absolute Gasteiger partial charge is 0.443 e. The Bertz CT molecular complexity index is 1030. The van der Waals surface area contributed by atoms with Gasteiger partial charge >= 0.3 is 0 Å². The number of H-pyrrole nitrogens is 1. The molecule has 1 fully saturated rings. The summed E-state index contributed by atoms with van der Waals surface area (Å²) in [6, 6.07) is 11.9. The minimum absolute atomic E-state index is 0.221. The van der Waals surface area contributed by atoms with E-state index < -0.39 is 0 Å². The number of oxazole rings is 1. The molecule has 3 aromatic rings. The third kappa shape index (κ3) is 3.66. The number of carbonyl (C=O) groups is 1. The highest BCUT2D eigenvalue weighted by Crippen LogP contribution is 2.33. The summed E-state index contributed by atoms with van der Waals surface area (Å²) in [6.07, 6.45) is 3.86. The van der Waals surface area contributed by atoms with Crippen LogP contribution in [0.1, 0.15) is 46.6 Å². The van der Waals surface area contributed by atoms with E-state index in [4.69, 9.17) is 16.0 Å². The molecule has 1 aromatic carbocycles. The number of aromatic nitrogens is 2. The minimum Gasteiger partial charge on any atom is -0.443 e. The predicted octanol–water partition coefficient (Wildman–Crippen LogP) is 3.58. The molecule has 0 radical (unpaired) electrons. The SMILES string of the molecule is O=C(c1cccc(=O)[nH]1)N1CCC[C@H]1c1ncc(Cc2ccccc2Cl)o1. The first-order chi connectivity index (χ1) is 13.1. The second kappa shape index (κ2) is 7.40. The van der Waals surface area contributed by atoms with Gasteiger partial charge in [0.15, 0.2) is 0 Å². The number of halogens is 1. The number of rotatable bonds is 4. The van der Waals surface area contributed by atoms with Crippen LogP contribution in [0.15, 0.2) is 57.9 Å². The maximum atomic E-state index is 12.8. The van der Waals surface area contributed by atoms with Crippen molar-refractivity contribution in [3.8, 4) is 0 Å². The average molecular weight is 384 g/mol. The number of aromatic amines is 1. The molecule has 0 unspecified atom stereocenters. The number of hydrogen-bond donors (Lipinski definition) is 1. The Hall–Kier alpha value is -2.86. The molecule has 1 atom stereocenters. The molecular weight excluding hydrogens is 366 g/mol. The molecule has 2 aromatic heterocycles. The first-order valence-electron chi connectivity index (χ1n) is 8.80. The molecule has 1 saturated heterocycles. The van der Waals surface area contributed by atoms with Crippen LogP contribution in [0.25, 0.3) is 0 Å². The van der Waals surface area contributed by atoms with Gasteiger partial charge in [0.25, 0.3) is 5.91 Å². The second-order valence-corrected chi connectivity index (χ2v) is 6.93. The molecule has 0 spiro atoms. The maximum Gasteiger partial charge on any atom is 0.271 e. The van der Waals surface area contributed by atoms with Crippen molar-refractivity contribution in [3.05, 3.63) is 86.9 Å². The number of hydrogen-bond acceptors (Lipinski definition) is 4. The Morgan fingerprint density at radius 2 is 2.11 bits per heavy atom. The number of nitrogens with zero attached hydrogens (tertiary/aromatic N) is 2. The smallest absolute Gasteiger partial charge is 0.271 e. The van der Waals surface area contributed by atoms with E-state index in [1.807, 2.05) is 24.3 Å². The van der Waals surface area contributed by atoms with Crippen LogP contribution in [0.2, 0.25) is 5.02 Å². The summed E-state index contributed by atoms with van der Waals surface area (Å²) in [6.45, 7) is 0.600. The van der Waals surface area contributed by atoms with Gasteiger partial charge in [-0.1, -0.05) is 35.9 Å². The molecule has 0 aliphatic carbocycles. The van der Waals surface area contributed by atoms with E-state index in [0.717, 1.165) is 18.4 Å². The van der Waals surface area contributed by atoms with Crippen LogP contribution in [0, 0.1) is 0 Å². The summed E-state index contributed by atoms with van der Waals surface area (Å²) in [7, 11) is 0.